The Hall–Kier alpha value is -1.10. The van der Waals surface area contributed by atoms with Gasteiger partial charge in [-0.15, -0.1) is 11.3 Å². The standard InChI is InChI=1S/C11H8Cl2N2OS/c1-6-9(14-5-17-6)11(16)15-10-7(12)3-2-4-8(10)13/h2-5H,1H3,(H,15,16). The van der Waals surface area contributed by atoms with Gasteiger partial charge >= 0.3 is 0 Å². The zero-order chi connectivity index (χ0) is 12.4. The van der Waals surface area contributed by atoms with Crippen molar-refractivity contribution in [2.75, 3.05) is 5.32 Å². The maximum atomic E-state index is 11.9. The Morgan fingerprint density at radius 2 is 2.00 bits per heavy atom. The smallest absolute Gasteiger partial charge is 0.275 e. The van der Waals surface area contributed by atoms with E-state index in [-0.39, 0.29) is 5.91 Å². The number of carbonyl (C=O) groups is 1. The number of carbonyl (C=O) groups excluding carboxylic acids is 1. The second-order valence-corrected chi connectivity index (χ2v) is 5.18. The molecule has 17 heavy (non-hydrogen) atoms. The molecule has 88 valence electrons. The average molecular weight is 287 g/mol. The molecule has 0 aliphatic rings. The number of halogens is 2. The van der Waals surface area contributed by atoms with Gasteiger partial charge < -0.3 is 5.32 Å². The molecule has 1 aromatic heterocycles. The molecule has 1 heterocycles. The quantitative estimate of drug-likeness (QED) is 0.906. The molecule has 1 amide bonds. The molecule has 0 bridgehead atoms. The molecule has 0 aliphatic carbocycles. The molecule has 1 N–H and O–H groups in total. The predicted octanol–water partition coefficient (Wildman–Crippen LogP) is 4.01. The summed E-state index contributed by atoms with van der Waals surface area (Å²) in [5, 5.41) is 3.47. The van der Waals surface area contributed by atoms with Crippen LogP contribution < -0.4 is 5.32 Å². The molecule has 0 unspecified atom stereocenters. The van der Waals surface area contributed by atoms with Gasteiger partial charge in [0, 0.05) is 4.88 Å². The van der Waals surface area contributed by atoms with E-state index in [0.29, 0.717) is 21.4 Å². The van der Waals surface area contributed by atoms with Crippen LogP contribution in [0.15, 0.2) is 23.7 Å². The SMILES string of the molecule is Cc1scnc1C(=O)Nc1c(Cl)cccc1Cl. The zero-order valence-electron chi connectivity index (χ0n) is 8.83. The Balaban J connectivity index is 2.28. The molecule has 0 radical (unpaired) electrons. The Bertz CT molecular complexity index is 548. The van der Waals surface area contributed by atoms with Crippen molar-refractivity contribution in [1.82, 2.24) is 4.98 Å². The number of aryl methyl sites for hydroxylation is 1. The number of nitrogens with one attached hydrogen (secondary N) is 1. The number of aromatic nitrogens is 1. The number of nitrogens with zero attached hydrogens (tertiary/aromatic N) is 1. The van der Waals surface area contributed by atoms with Crippen molar-refractivity contribution in [3.8, 4) is 0 Å². The van der Waals surface area contributed by atoms with Crippen LogP contribution >= 0.6 is 34.5 Å². The first-order valence-corrected chi connectivity index (χ1v) is 6.38. The van der Waals surface area contributed by atoms with Crippen LogP contribution in [0.4, 0.5) is 5.69 Å². The number of hydrogen-bond donors (Lipinski definition) is 1. The maximum Gasteiger partial charge on any atom is 0.275 e. The summed E-state index contributed by atoms with van der Waals surface area (Å²) in [6.07, 6.45) is 0. The highest BCUT2D eigenvalue weighted by molar-refractivity contribution is 7.09. The third kappa shape index (κ3) is 2.60. The lowest BCUT2D eigenvalue weighted by Gasteiger charge is -2.08. The molecule has 2 rings (SSSR count). The second kappa shape index (κ2) is 5.04. The van der Waals surface area contributed by atoms with Gasteiger partial charge in [-0.3, -0.25) is 4.79 Å². The van der Waals surface area contributed by atoms with E-state index in [9.17, 15) is 4.79 Å². The van der Waals surface area contributed by atoms with Gasteiger partial charge in [0.25, 0.3) is 5.91 Å². The van der Waals surface area contributed by atoms with Crippen LogP contribution in [-0.2, 0) is 0 Å². The van der Waals surface area contributed by atoms with Crippen molar-refractivity contribution in [2.45, 2.75) is 6.92 Å². The largest absolute Gasteiger partial charge is 0.318 e. The fourth-order valence-electron chi connectivity index (χ4n) is 1.31. The number of para-hydroxylation sites is 1. The van der Waals surface area contributed by atoms with Gasteiger partial charge in [-0.2, -0.15) is 0 Å². The molecule has 2 aromatic rings. The minimum absolute atomic E-state index is 0.307. The lowest BCUT2D eigenvalue weighted by Crippen LogP contribution is -2.14. The fraction of sp³-hybridized carbons (Fsp3) is 0.0909. The van der Waals surface area contributed by atoms with E-state index in [1.54, 1.807) is 23.7 Å². The minimum atomic E-state index is -0.307. The summed E-state index contributed by atoms with van der Waals surface area (Å²) in [5.41, 5.74) is 2.43. The van der Waals surface area contributed by atoms with E-state index in [1.165, 1.54) is 11.3 Å². The summed E-state index contributed by atoms with van der Waals surface area (Å²) < 4.78 is 0. The van der Waals surface area contributed by atoms with Gasteiger partial charge in [-0.25, -0.2) is 4.98 Å². The fourth-order valence-corrected chi connectivity index (χ4v) is 2.38. The highest BCUT2D eigenvalue weighted by Gasteiger charge is 2.15. The molecular weight excluding hydrogens is 279 g/mol. The van der Waals surface area contributed by atoms with Crippen molar-refractivity contribution in [3.05, 3.63) is 44.3 Å². The summed E-state index contributed by atoms with van der Waals surface area (Å²) in [7, 11) is 0. The molecule has 0 aliphatic heterocycles. The molecular formula is C11H8Cl2N2OS. The predicted molar refractivity (Wildman–Crippen MR) is 71.3 cm³/mol. The van der Waals surface area contributed by atoms with E-state index in [2.05, 4.69) is 10.3 Å². The molecule has 1 aromatic carbocycles. The second-order valence-electron chi connectivity index (χ2n) is 3.31. The Kier molecular flexibility index (Phi) is 3.66. The number of amides is 1. The van der Waals surface area contributed by atoms with Crippen LogP contribution in [0.25, 0.3) is 0 Å². The Labute approximate surface area is 112 Å². The number of benzene rings is 1. The molecule has 6 heteroatoms. The number of rotatable bonds is 2. The van der Waals surface area contributed by atoms with E-state index in [4.69, 9.17) is 23.2 Å². The summed E-state index contributed by atoms with van der Waals surface area (Å²) in [6, 6.07) is 5.04. The Morgan fingerprint density at radius 1 is 1.35 bits per heavy atom. The van der Waals surface area contributed by atoms with Crippen molar-refractivity contribution in [2.24, 2.45) is 0 Å². The zero-order valence-corrected chi connectivity index (χ0v) is 11.2. The topological polar surface area (TPSA) is 42.0 Å². The lowest BCUT2D eigenvalue weighted by molar-refractivity contribution is 0.102. The average Bonchev–Trinajstić information content (AvgIpc) is 2.70. The molecule has 0 saturated heterocycles. The van der Waals surface area contributed by atoms with Crippen LogP contribution in [0.1, 0.15) is 15.4 Å². The van der Waals surface area contributed by atoms with Crippen molar-refractivity contribution >= 4 is 46.1 Å². The molecule has 3 nitrogen and oxygen atoms in total. The van der Waals surface area contributed by atoms with E-state index < -0.39 is 0 Å². The van der Waals surface area contributed by atoms with Crippen LogP contribution in [-0.4, -0.2) is 10.9 Å². The first-order chi connectivity index (χ1) is 8.09. The first-order valence-electron chi connectivity index (χ1n) is 4.75. The first kappa shape index (κ1) is 12.4. The minimum Gasteiger partial charge on any atom is -0.318 e. The maximum absolute atomic E-state index is 11.9. The number of hydrogen-bond acceptors (Lipinski definition) is 3. The van der Waals surface area contributed by atoms with E-state index in [1.807, 2.05) is 6.92 Å². The summed E-state index contributed by atoms with van der Waals surface area (Å²) in [6.45, 7) is 1.83. The molecule has 0 fully saturated rings. The van der Waals surface area contributed by atoms with Gasteiger partial charge in [0.1, 0.15) is 5.69 Å². The van der Waals surface area contributed by atoms with Gasteiger partial charge in [-0.05, 0) is 19.1 Å². The number of anilines is 1. The normalized spacial score (nSPS) is 10.3. The summed E-state index contributed by atoms with van der Waals surface area (Å²) in [4.78, 5) is 16.8. The summed E-state index contributed by atoms with van der Waals surface area (Å²) in [5.74, 6) is -0.307. The third-order valence-electron chi connectivity index (χ3n) is 2.16. The summed E-state index contributed by atoms with van der Waals surface area (Å²) >= 11 is 13.3. The van der Waals surface area contributed by atoms with Gasteiger partial charge in [0.15, 0.2) is 0 Å². The molecule has 0 spiro atoms. The van der Waals surface area contributed by atoms with Crippen molar-refractivity contribution in [1.29, 1.82) is 0 Å². The Morgan fingerprint density at radius 3 is 2.53 bits per heavy atom. The highest BCUT2D eigenvalue weighted by Crippen LogP contribution is 2.30. The molecule has 0 atom stereocenters. The van der Waals surface area contributed by atoms with Crippen molar-refractivity contribution < 1.29 is 4.79 Å². The van der Waals surface area contributed by atoms with Crippen LogP contribution in [0.2, 0.25) is 10.0 Å². The third-order valence-corrected chi connectivity index (χ3v) is 3.55. The van der Waals surface area contributed by atoms with Crippen LogP contribution in [0.5, 0.6) is 0 Å². The van der Waals surface area contributed by atoms with Crippen LogP contribution in [0, 0.1) is 6.92 Å². The van der Waals surface area contributed by atoms with E-state index in [0.717, 1.165) is 4.88 Å². The highest BCUT2D eigenvalue weighted by atomic mass is 35.5. The van der Waals surface area contributed by atoms with Crippen molar-refractivity contribution in [3.63, 3.8) is 0 Å². The number of thiazole rings is 1. The van der Waals surface area contributed by atoms with E-state index >= 15 is 0 Å². The lowest BCUT2D eigenvalue weighted by atomic mass is 10.3. The van der Waals surface area contributed by atoms with Gasteiger partial charge in [0.2, 0.25) is 0 Å². The van der Waals surface area contributed by atoms with Gasteiger partial charge in [-0.1, -0.05) is 29.3 Å². The monoisotopic (exact) mass is 286 g/mol. The van der Waals surface area contributed by atoms with Crippen LogP contribution in [0.3, 0.4) is 0 Å². The van der Waals surface area contributed by atoms with Gasteiger partial charge in [0.05, 0.1) is 21.2 Å². The molecule has 0 saturated carbocycles.